The lowest BCUT2D eigenvalue weighted by molar-refractivity contribution is -0.147. The van der Waals surface area contributed by atoms with Gasteiger partial charge in [0.05, 0.1) is 22.4 Å². The van der Waals surface area contributed by atoms with Crippen LogP contribution >= 0.6 is 11.3 Å². The molecule has 3 atom stereocenters. The third kappa shape index (κ3) is 6.52. The van der Waals surface area contributed by atoms with E-state index in [-0.39, 0.29) is 36.0 Å². The molecule has 0 saturated carbocycles. The van der Waals surface area contributed by atoms with Crippen LogP contribution in [-0.4, -0.2) is 34.5 Å². The van der Waals surface area contributed by atoms with Gasteiger partial charge < -0.3 is 9.47 Å². The first-order valence-electron chi connectivity index (χ1n) is 10.4. The molecule has 0 amide bonds. The van der Waals surface area contributed by atoms with Crippen molar-refractivity contribution < 1.29 is 19.1 Å². The zero-order valence-electron chi connectivity index (χ0n) is 16.9. The molecule has 3 heterocycles. The first-order valence-corrected chi connectivity index (χ1v) is 11.3. The number of aromatic nitrogens is 1. The molecule has 0 spiro atoms. The molecule has 0 radical (unpaired) electrons. The van der Waals surface area contributed by atoms with Crippen LogP contribution in [0.15, 0.2) is 11.5 Å². The average Bonchev–Trinajstić information content (AvgIpc) is 3.07. The van der Waals surface area contributed by atoms with Crippen molar-refractivity contribution >= 4 is 29.2 Å². The van der Waals surface area contributed by atoms with E-state index in [9.17, 15) is 9.59 Å². The van der Waals surface area contributed by atoms with Gasteiger partial charge in [0.1, 0.15) is 11.9 Å². The van der Waals surface area contributed by atoms with E-state index < -0.39 is 0 Å². The largest absolute Gasteiger partial charge is 0.458 e. The zero-order chi connectivity index (χ0) is 20.0. The first kappa shape index (κ1) is 21.2. The number of fused-ring (bicyclic) bond motifs is 1. The molecule has 6 heteroatoms. The maximum atomic E-state index is 12.3. The number of hydrogen-bond donors (Lipinski definition) is 0. The van der Waals surface area contributed by atoms with Crippen molar-refractivity contribution in [1.82, 2.24) is 4.98 Å². The minimum Gasteiger partial charge on any atom is -0.458 e. The van der Waals surface area contributed by atoms with Crippen LogP contribution in [0.4, 0.5) is 0 Å². The van der Waals surface area contributed by atoms with Crippen LogP contribution in [0.3, 0.4) is 0 Å². The number of ketones is 1. The van der Waals surface area contributed by atoms with Gasteiger partial charge in [-0.3, -0.25) is 9.59 Å². The lowest BCUT2D eigenvalue weighted by Gasteiger charge is -2.17. The maximum Gasteiger partial charge on any atom is 0.306 e. The topological polar surface area (TPSA) is 68.8 Å². The van der Waals surface area contributed by atoms with Gasteiger partial charge in [-0.05, 0) is 45.3 Å². The summed E-state index contributed by atoms with van der Waals surface area (Å²) in [6.45, 7) is 4.08. The Kier molecular flexibility index (Phi) is 7.41. The number of hydrogen-bond acceptors (Lipinski definition) is 6. The number of nitrogens with zero attached hydrogens (tertiary/aromatic N) is 1. The summed E-state index contributed by atoms with van der Waals surface area (Å²) in [7, 11) is 0. The molecule has 0 aromatic carbocycles. The number of cyclic esters (lactones) is 1. The van der Waals surface area contributed by atoms with E-state index in [1.165, 1.54) is 0 Å². The number of aryl methyl sites for hydroxylation is 1. The van der Waals surface area contributed by atoms with E-state index in [1.807, 2.05) is 24.5 Å². The zero-order valence-corrected chi connectivity index (χ0v) is 17.8. The van der Waals surface area contributed by atoms with Crippen molar-refractivity contribution in [2.45, 2.75) is 95.9 Å². The molecule has 1 aromatic heterocycles. The molecule has 2 aliphatic rings. The number of Topliss-reactive ketones (excluding diaryl/α,β-unsaturated/α-hetero) is 1. The summed E-state index contributed by atoms with van der Waals surface area (Å²) in [6.07, 6.45) is 11.7. The normalized spacial score (nSPS) is 30.8. The number of epoxide rings is 1. The Morgan fingerprint density at radius 2 is 1.93 bits per heavy atom. The Hall–Kier alpha value is -1.53. The maximum absolute atomic E-state index is 12.3. The van der Waals surface area contributed by atoms with E-state index in [0.29, 0.717) is 25.7 Å². The molecular formula is C22H31NO4S. The monoisotopic (exact) mass is 405 g/mol. The molecule has 5 nitrogen and oxygen atoms in total. The molecule has 0 N–H and O–H groups in total. The standard InChI is InChI=1S/C22H31NO4S/c1-16-23-17(15-28-16)12-13-19-14-22(2)20(27-22)10-6-4-3-5-8-18(24)9-7-11-21(25)26-19/h12-13,15,19-20H,3-11,14H2,1-2H3. The van der Waals surface area contributed by atoms with Crippen molar-refractivity contribution in [2.75, 3.05) is 0 Å². The molecule has 3 unspecified atom stereocenters. The van der Waals surface area contributed by atoms with Gasteiger partial charge in [-0.2, -0.15) is 0 Å². The van der Waals surface area contributed by atoms with E-state index in [0.717, 1.165) is 42.8 Å². The van der Waals surface area contributed by atoms with Crippen molar-refractivity contribution in [3.05, 3.63) is 22.2 Å². The third-order valence-corrected chi connectivity index (χ3v) is 6.34. The van der Waals surface area contributed by atoms with Crippen LogP contribution < -0.4 is 0 Å². The highest BCUT2D eigenvalue weighted by Gasteiger charge is 2.52. The predicted molar refractivity (Wildman–Crippen MR) is 110 cm³/mol. The van der Waals surface area contributed by atoms with Crippen LogP contribution in [0.1, 0.15) is 81.8 Å². The van der Waals surface area contributed by atoms with Gasteiger partial charge in [-0.1, -0.05) is 19.3 Å². The molecule has 0 bridgehead atoms. The van der Waals surface area contributed by atoms with E-state index in [2.05, 4.69) is 11.9 Å². The number of rotatable bonds is 2. The van der Waals surface area contributed by atoms with Crippen molar-refractivity contribution in [3.8, 4) is 0 Å². The molecule has 2 saturated heterocycles. The number of esters is 1. The van der Waals surface area contributed by atoms with Crippen LogP contribution in [0.25, 0.3) is 6.08 Å². The summed E-state index contributed by atoms with van der Waals surface area (Å²) in [5.74, 6) is 0.0122. The molecule has 2 aliphatic heterocycles. The van der Waals surface area contributed by atoms with Crippen LogP contribution in [0.5, 0.6) is 0 Å². The summed E-state index contributed by atoms with van der Waals surface area (Å²) < 4.78 is 11.7. The Balaban J connectivity index is 1.64. The van der Waals surface area contributed by atoms with Crippen molar-refractivity contribution in [1.29, 1.82) is 0 Å². The van der Waals surface area contributed by atoms with Crippen molar-refractivity contribution in [2.24, 2.45) is 0 Å². The number of ether oxygens (including phenoxy) is 2. The lowest BCUT2D eigenvalue weighted by Crippen LogP contribution is -2.24. The minimum absolute atomic E-state index is 0.222. The second kappa shape index (κ2) is 9.79. The van der Waals surface area contributed by atoms with Gasteiger partial charge in [0.25, 0.3) is 0 Å². The molecule has 1 aromatic rings. The summed E-state index contributed by atoms with van der Waals surface area (Å²) in [6, 6.07) is 0. The molecule has 2 fully saturated rings. The van der Waals surface area contributed by atoms with E-state index >= 15 is 0 Å². The molecule has 28 heavy (non-hydrogen) atoms. The summed E-state index contributed by atoms with van der Waals surface area (Å²) >= 11 is 1.60. The van der Waals surface area contributed by atoms with Gasteiger partial charge in [0.2, 0.25) is 0 Å². The molecule has 0 aliphatic carbocycles. The van der Waals surface area contributed by atoms with Crippen LogP contribution in [-0.2, 0) is 19.1 Å². The highest BCUT2D eigenvalue weighted by atomic mass is 32.1. The summed E-state index contributed by atoms with van der Waals surface area (Å²) in [4.78, 5) is 28.7. The summed E-state index contributed by atoms with van der Waals surface area (Å²) in [5, 5.41) is 3.00. The number of carbonyl (C=O) groups is 2. The van der Waals surface area contributed by atoms with Gasteiger partial charge in [-0.15, -0.1) is 11.3 Å². The second-order valence-corrected chi connectivity index (χ2v) is 9.21. The summed E-state index contributed by atoms with van der Waals surface area (Å²) in [5.41, 5.74) is 0.662. The molecule has 3 rings (SSSR count). The highest BCUT2D eigenvalue weighted by molar-refractivity contribution is 7.09. The molecule has 154 valence electrons. The fourth-order valence-electron chi connectivity index (χ4n) is 3.83. The first-order chi connectivity index (χ1) is 13.4. The van der Waals surface area contributed by atoms with Crippen molar-refractivity contribution in [3.63, 3.8) is 0 Å². The van der Waals surface area contributed by atoms with Gasteiger partial charge in [-0.25, -0.2) is 4.98 Å². The minimum atomic E-state index is -0.340. The third-order valence-electron chi connectivity index (χ3n) is 5.55. The fraction of sp³-hybridized carbons (Fsp3) is 0.682. The van der Waals surface area contributed by atoms with Gasteiger partial charge in [0.15, 0.2) is 0 Å². The quantitative estimate of drug-likeness (QED) is 0.510. The van der Waals surface area contributed by atoms with Gasteiger partial charge >= 0.3 is 5.97 Å². The number of carbonyl (C=O) groups excluding carboxylic acids is 2. The Labute approximate surface area is 171 Å². The lowest BCUT2D eigenvalue weighted by atomic mass is 9.95. The Morgan fingerprint density at radius 3 is 2.71 bits per heavy atom. The van der Waals surface area contributed by atoms with Crippen LogP contribution in [0.2, 0.25) is 0 Å². The second-order valence-electron chi connectivity index (χ2n) is 8.15. The number of thiazole rings is 1. The fourth-order valence-corrected chi connectivity index (χ4v) is 4.41. The Morgan fingerprint density at radius 1 is 1.14 bits per heavy atom. The SMILES string of the molecule is Cc1nc(C=CC2CC3(C)OC3CCCCCCC(=O)CCCC(=O)O2)cs1. The van der Waals surface area contributed by atoms with E-state index in [4.69, 9.17) is 9.47 Å². The average molecular weight is 406 g/mol. The predicted octanol–water partition coefficient (Wildman–Crippen LogP) is 5.02. The van der Waals surface area contributed by atoms with Gasteiger partial charge in [0, 0.05) is 31.1 Å². The highest BCUT2D eigenvalue weighted by Crippen LogP contribution is 2.44. The smallest absolute Gasteiger partial charge is 0.306 e. The van der Waals surface area contributed by atoms with Crippen LogP contribution in [0, 0.1) is 6.92 Å². The Bertz CT molecular complexity index is 713. The van der Waals surface area contributed by atoms with E-state index in [1.54, 1.807) is 11.3 Å². The molecular weight excluding hydrogens is 374 g/mol.